The Morgan fingerprint density at radius 3 is 2.44 bits per heavy atom. The first-order chi connectivity index (χ1) is 12.0. The molecular formula is C21H24N2OS. The van der Waals surface area contributed by atoms with Crippen LogP contribution in [0.3, 0.4) is 0 Å². The molecule has 0 fully saturated rings. The number of aliphatic imine (C=N–C) groups is 1. The molecule has 0 bridgehead atoms. The zero-order valence-electron chi connectivity index (χ0n) is 15.4. The van der Waals surface area contributed by atoms with Gasteiger partial charge in [0.25, 0.3) is 0 Å². The molecule has 3 nitrogen and oxygen atoms in total. The summed E-state index contributed by atoms with van der Waals surface area (Å²) in [5.41, 5.74) is 6.31. The molecule has 1 aliphatic rings. The van der Waals surface area contributed by atoms with Crippen LogP contribution in [0.2, 0.25) is 0 Å². The van der Waals surface area contributed by atoms with E-state index in [4.69, 9.17) is 9.73 Å². The van der Waals surface area contributed by atoms with Crippen LogP contribution < -0.4 is 0 Å². The van der Waals surface area contributed by atoms with Gasteiger partial charge >= 0.3 is 0 Å². The molecule has 0 amide bonds. The molecule has 1 aromatic carbocycles. The van der Waals surface area contributed by atoms with Crippen molar-refractivity contribution < 1.29 is 4.74 Å². The highest BCUT2D eigenvalue weighted by atomic mass is 32.2. The molecule has 0 saturated carbocycles. The summed E-state index contributed by atoms with van der Waals surface area (Å²) < 4.78 is 5.53. The molecule has 0 aliphatic carbocycles. The number of H-pyrrole nitrogens is 1. The lowest BCUT2D eigenvalue weighted by Gasteiger charge is -2.05. The summed E-state index contributed by atoms with van der Waals surface area (Å²) in [7, 11) is 1.69. The zero-order valence-corrected chi connectivity index (χ0v) is 16.2. The maximum Gasteiger partial charge on any atom is 0.146 e. The summed E-state index contributed by atoms with van der Waals surface area (Å²) in [5, 5.41) is 0.580. The topological polar surface area (TPSA) is 37.4 Å². The number of aromatic nitrogens is 1. The van der Waals surface area contributed by atoms with Crippen LogP contribution >= 0.6 is 11.8 Å². The van der Waals surface area contributed by atoms with Crippen LogP contribution in [0, 0.1) is 13.8 Å². The molecule has 3 rings (SSSR count). The summed E-state index contributed by atoms with van der Waals surface area (Å²) in [6, 6.07) is 10.7. The average molecular weight is 353 g/mol. The second-order valence-corrected chi connectivity index (χ2v) is 8.13. The third-order valence-electron chi connectivity index (χ3n) is 3.97. The van der Waals surface area contributed by atoms with Gasteiger partial charge in [-0.25, -0.2) is 4.99 Å². The van der Waals surface area contributed by atoms with Gasteiger partial charge in [-0.3, -0.25) is 0 Å². The maximum atomic E-state index is 5.53. The van der Waals surface area contributed by atoms with E-state index in [-0.39, 0.29) is 0 Å². The SMILES string of the molecule is COC1=CC(c2ccc(SC(C)C)cc2)=N/C1=C\c1[nH]c(C)cc1C. The van der Waals surface area contributed by atoms with Gasteiger partial charge in [0.15, 0.2) is 0 Å². The summed E-state index contributed by atoms with van der Waals surface area (Å²) in [6.45, 7) is 8.56. The van der Waals surface area contributed by atoms with Gasteiger partial charge < -0.3 is 9.72 Å². The number of hydrogen-bond acceptors (Lipinski definition) is 3. The van der Waals surface area contributed by atoms with Gasteiger partial charge in [-0.15, -0.1) is 11.8 Å². The highest BCUT2D eigenvalue weighted by Gasteiger charge is 2.17. The van der Waals surface area contributed by atoms with Crippen molar-refractivity contribution in [2.45, 2.75) is 37.8 Å². The van der Waals surface area contributed by atoms with E-state index in [1.807, 2.05) is 23.9 Å². The normalized spacial score (nSPS) is 15.7. The molecule has 2 aromatic rings. The fraction of sp³-hybridized carbons (Fsp3) is 0.286. The average Bonchev–Trinajstić information content (AvgIpc) is 3.11. The van der Waals surface area contributed by atoms with Crippen LogP contribution in [-0.2, 0) is 4.74 Å². The lowest BCUT2D eigenvalue weighted by Crippen LogP contribution is -1.94. The molecule has 0 saturated heterocycles. The largest absolute Gasteiger partial charge is 0.494 e. The van der Waals surface area contributed by atoms with Crippen molar-refractivity contribution in [1.82, 2.24) is 4.98 Å². The first-order valence-electron chi connectivity index (χ1n) is 8.46. The Morgan fingerprint density at radius 1 is 1.16 bits per heavy atom. The van der Waals surface area contributed by atoms with Gasteiger partial charge in [0.05, 0.1) is 12.8 Å². The van der Waals surface area contributed by atoms with Crippen LogP contribution in [0.4, 0.5) is 0 Å². The third-order valence-corrected chi connectivity index (χ3v) is 4.99. The molecule has 0 unspecified atom stereocenters. The third kappa shape index (κ3) is 4.07. The highest BCUT2D eigenvalue weighted by molar-refractivity contribution is 7.99. The fourth-order valence-electron chi connectivity index (χ4n) is 2.84. The van der Waals surface area contributed by atoms with Gasteiger partial charge in [-0.05, 0) is 43.7 Å². The number of benzene rings is 1. The first kappa shape index (κ1) is 17.6. The fourth-order valence-corrected chi connectivity index (χ4v) is 3.68. The van der Waals surface area contributed by atoms with Gasteiger partial charge in [-0.1, -0.05) is 26.0 Å². The molecular weight excluding hydrogens is 328 g/mol. The highest BCUT2D eigenvalue weighted by Crippen LogP contribution is 2.28. The van der Waals surface area contributed by atoms with Crippen molar-refractivity contribution in [3.8, 4) is 0 Å². The number of methoxy groups -OCH3 is 1. The molecule has 0 radical (unpaired) electrons. The minimum Gasteiger partial charge on any atom is -0.494 e. The Balaban J connectivity index is 1.90. The van der Waals surface area contributed by atoms with Crippen molar-refractivity contribution in [2.75, 3.05) is 7.11 Å². The van der Waals surface area contributed by atoms with E-state index in [0.717, 1.165) is 34.1 Å². The Hall–Kier alpha value is -2.20. The monoisotopic (exact) mass is 352 g/mol. The smallest absolute Gasteiger partial charge is 0.146 e. The second kappa shape index (κ2) is 7.36. The lowest BCUT2D eigenvalue weighted by atomic mass is 10.1. The van der Waals surface area contributed by atoms with E-state index >= 15 is 0 Å². The first-order valence-corrected chi connectivity index (χ1v) is 9.34. The summed E-state index contributed by atoms with van der Waals surface area (Å²) in [6.07, 6.45) is 4.05. The molecule has 130 valence electrons. The number of nitrogens with one attached hydrogen (secondary N) is 1. The summed E-state index contributed by atoms with van der Waals surface area (Å²) in [4.78, 5) is 9.42. The van der Waals surface area contributed by atoms with Gasteiger partial charge in [0.2, 0.25) is 0 Å². The maximum absolute atomic E-state index is 5.53. The van der Waals surface area contributed by atoms with E-state index in [1.54, 1.807) is 7.11 Å². The van der Waals surface area contributed by atoms with E-state index in [0.29, 0.717) is 5.25 Å². The van der Waals surface area contributed by atoms with Crippen LogP contribution in [0.25, 0.3) is 6.08 Å². The Kier molecular flexibility index (Phi) is 5.19. The predicted molar refractivity (Wildman–Crippen MR) is 107 cm³/mol. The van der Waals surface area contributed by atoms with Crippen LogP contribution in [-0.4, -0.2) is 23.1 Å². The van der Waals surface area contributed by atoms with Crippen molar-refractivity contribution in [3.63, 3.8) is 0 Å². The van der Waals surface area contributed by atoms with Crippen molar-refractivity contribution in [3.05, 3.63) is 70.4 Å². The molecule has 1 aromatic heterocycles. The van der Waals surface area contributed by atoms with Gasteiger partial charge in [0.1, 0.15) is 11.5 Å². The van der Waals surface area contributed by atoms with Crippen LogP contribution in [0.15, 0.2) is 57.8 Å². The number of rotatable bonds is 5. The number of ether oxygens (including phenoxy) is 1. The Labute approximate surface area is 153 Å². The van der Waals surface area contributed by atoms with Crippen molar-refractivity contribution in [2.24, 2.45) is 4.99 Å². The van der Waals surface area contributed by atoms with Crippen LogP contribution in [0.1, 0.15) is 36.4 Å². The number of thioether (sulfide) groups is 1. The second-order valence-electron chi connectivity index (χ2n) is 6.48. The standard InChI is InChI=1S/C21H24N2OS/c1-13(2)25-17-8-6-16(7-9-17)19-12-21(24-5)20(23-19)11-18-14(3)10-15(4)22-18/h6-13,22H,1-5H3/b20-11-. The number of allylic oxidation sites excluding steroid dienone is 1. The molecule has 25 heavy (non-hydrogen) atoms. The molecule has 1 aliphatic heterocycles. The minimum atomic E-state index is 0.580. The molecule has 0 spiro atoms. The van der Waals surface area contributed by atoms with Gasteiger partial charge in [0, 0.05) is 33.2 Å². The Bertz CT molecular complexity index is 855. The van der Waals surface area contributed by atoms with E-state index in [9.17, 15) is 0 Å². The van der Waals surface area contributed by atoms with E-state index < -0.39 is 0 Å². The molecule has 0 atom stereocenters. The van der Waals surface area contributed by atoms with Gasteiger partial charge in [-0.2, -0.15) is 0 Å². The van der Waals surface area contributed by atoms with Crippen molar-refractivity contribution >= 4 is 23.5 Å². The number of nitrogens with zero attached hydrogens (tertiary/aromatic N) is 1. The lowest BCUT2D eigenvalue weighted by molar-refractivity contribution is 0.303. The van der Waals surface area contributed by atoms with E-state index in [1.165, 1.54) is 10.5 Å². The van der Waals surface area contributed by atoms with Crippen LogP contribution in [0.5, 0.6) is 0 Å². The quantitative estimate of drug-likeness (QED) is 0.721. The molecule has 2 heterocycles. The van der Waals surface area contributed by atoms with E-state index in [2.05, 4.69) is 63.0 Å². The number of hydrogen-bond donors (Lipinski definition) is 1. The Morgan fingerprint density at radius 2 is 1.88 bits per heavy atom. The molecule has 4 heteroatoms. The van der Waals surface area contributed by atoms with Crippen molar-refractivity contribution in [1.29, 1.82) is 0 Å². The molecule has 1 N–H and O–H groups in total. The number of aryl methyl sites for hydroxylation is 2. The summed E-state index contributed by atoms with van der Waals surface area (Å²) in [5.74, 6) is 0.794. The summed E-state index contributed by atoms with van der Waals surface area (Å²) >= 11 is 1.87. The minimum absolute atomic E-state index is 0.580. The number of aromatic amines is 1. The zero-order chi connectivity index (χ0) is 18.0. The predicted octanol–water partition coefficient (Wildman–Crippen LogP) is 5.51.